The summed E-state index contributed by atoms with van der Waals surface area (Å²) in [5.41, 5.74) is 7.95. The summed E-state index contributed by atoms with van der Waals surface area (Å²) in [5.74, 6) is 0.535. The summed E-state index contributed by atoms with van der Waals surface area (Å²) in [5, 5.41) is 0. The number of benzene rings is 1. The number of amides is 1. The molecule has 2 rings (SSSR count). The summed E-state index contributed by atoms with van der Waals surface area (Å²) < 4.78 is 0. The highest BCUT2D eigenvalue weighted by molar-refractivity contribution is 5.97. The summed E-state index contributed by atoms with van der Waals surface area (Å²) >= 11 is 0. The molecule has 17 heavy (non-hydrogen) atoms. The molecule has 0 aromatic heterocycles. The minimum absolute atomic E-state index is 0. The number of nitrogens with two attached hydrogens (primary N) is 1. The standard InChI is InChI=1S/C13H18N2O.ClH/c1-9-7-8-15(13(16)10(2)14)12-6-4-3-5-11(9)12;/h3-6,9-10H,7-8,14H2,1-2H3;1H. The van der Waals surface area contributed by atoms with Crippen LogP contribution in [0.15, 0.2) is 24.3 Å². The van der Waals surface area contributed by atoms with Gasteiger partial charge in [0.15, 0.2) is 0 Å². The van der Waals surface area contributed by atoms with Crippen molar-refractivity contribution in [1.82, 2.24) is 0 Å². The van der Waals surface area contributed by atoms with Gasteiger partial charge in [-0.05, 0) is 30.9 Å². The number of halogens is 1. The summed E-state index contributed by atoms with van der Waals surface area (Å²) in [7, 11) is 0. The Hall–Kier alpha value is -1.06. The topological polar surface area (TPSA) is 46.3 Å². The van der Waals surface area contributed by atoms with Crippen LogP contribution in [-0.2, 0) is 4.79 Å². The van der Waals surface area contributed by atoms with Crippen molar-refractivity contribution >= 4 is 24.0 Å². The molecular formula is C13H19ClN2O. The van der Waals surface area contributed by atoms with Crippen LogP contribution >= 0.6 is 12.4 Å². The molecule has 0 saturated heterocycles. The maximum absolute atomic E-state index is 12.0. The van der Waals surface area contributed by atoms with E-state index in [9.17, 15) is 4.79 Å². The van der Waals surface area contributed by atoms with Gasteiger partial charge in [0.1, 0.15) is 0 Å². The smallest absolute Gasteiger partial charge is 0.243 e. The molecule has 0 aliphatic carbocycles. The molecule has 4 heteroatoms. The zero-order valence-corrected chi connectivity index (χ0v) is 11.0. The average Bonchev–Trinajstić information content (AvgIpc) is 2.29. The Morgan fingerprint density at radius 2 is 2.12 bits per heavy atom. The largest absolute Gasteiger partial charge is 0.320 e. The van der Waals surface area contributed by atoms with Gasteiger partial charge in [0.05, 0.1) is 6.04 Å². The van der Waals surface area contributed by atoms with Gasteiger partial charge >= 0.3 is 0 Å². The second kappa shape index (κ2) is 5.52. The monoisotopic (exact) mass is 254 g/mol. The number of carbonyl (C=O) groups excluding carboxylic acids is 1. The lowest BCUT2D eigenvalue weighted by Crippen LogP contribution is -2.44. The number of rotatable bonds is 1. The Balaban J connectivity index is 0.00000144. The summed E-state index contributed by atoms with van der Waals surface area (Å²) in [6.07, 6.45) is 1.01. The van der Waals surface area contributed by atoms with Crippen LogP contribution in [0.4, 0.5) is 5.69 Å². The quantitative estimate of drug-likeness (QED) is 0.836. The van der Waals surface area contributed by atoms with Crippen molar-refractivity contribution in [2.24, 2.45) is 5.73 Å². The van der Waals surface area contributed by atoms with E-state index >= 15 is 0 Å². The summed E-state index contributed by atoms with van der Waals surface area (Å²) in [6.45, 7) is 4.72. The Kier molecular flexibility index (Phi) is 4.54. The second-order valence-corrected chi connectivity index (χ2v) is 4.53. The van der Waals surface area contributed by atoms with Crippen molar-refractivity contribution in [3.05, 3.63) is 29.8 Å². The zero-order valence-electron chi connectivity index (χ0n) is 10.2. The van der Waals surface area contributed by atoms with E-state index in [1.165, 1.54) is 5.56 Å². The van der Waals surface area contributed by atoms with Crippen LogP contribution in [0.5, 0.6) is 0 Å². The Labute approximate surface area is 108 Å². The number of anilines is 1. The molecule has 2 unspecified atom stereocenters. The van der Waals surface area contributed by atoms with Crippen LogP contribution < -0.4 is 10.6 Å². The fraction of sp³-hybridized carbons (Fsp3) is 0.462. The summed E-state index contributed by atoms with van der Waals surface area (Å²) in [6, 6.07) is 7.67. The summed E-state index contributed by atoms with van der Waals surface area (Å²) in [4.78, 5) is 13.8. The van der Waals surface area contributed by atoms with Gasteiger partial charge in [-0.25, -0.2) is 0 Å². The minimum atomic E-state index is -0.429. The molecule has 1 heterocycles. The molecular weight excluding hydrogens is 236 g/mol. The molecule has 1 aliphatic heterocycles. The van der Waals surface area contributed by atoms with Crippen molar-refractivity contribution in [3.8, 4) is 0 Å². The average molecular weight is 255 g/mol. The fourth-order valence-corrected chi connectivity index (χ4v) is 2.22. The molecule has 94 valence electrons. The number of hydrogen-bond acceptors (Lipinski definition) is 2. The molecule has 0 radical (unpaired) electrons. The number of fused-ring (bicyclic) bond motifs is 1. The van der Waals surface area contributed by atoms with Gasteiger partial charge < -0.3 is 10.6 Å². The molecule has 2 N–H and O–H groups in total. The molecule has 0 bridgehead atoms. The van der Waals surface area contributed by atoms with Gasteiger partial charge in [-0.2, -0.15) is 0 Å². The van der Waals surface area contributed by atoms with Gasteiger partial charge in [0.25, 0.3) is 0 Å². The molecule has 1 aliphatic rings. The second-order valence-electron chi connectivity index (χ2n) is 4.53. The lowest BCUT2D eigenvalue weighted by atomic mass is 9.91. The first kappa shape index (κ1) is 14.0. The van der Waals surface area contributed by atoms with Crippen LogP contribution in [0, 0.1) is 0 Å². The first-order valence-corrected chi connectivity index (χ1v) is 5.77. The Morgan fingerprint density at radius 1 is 1.47 bits per heavy atom. The van der Waals surface area contributed by atoms with E-state index in [0.29, 0.717) is 5.92 Å². The van der Waals surface area contributed by atoms with Gasteiger partial charge in [-0.3, -0.25) is 4.79 Å². The van der Waals surface area contributed by atoms with Crippen molar-refractivity contribution < 1.29 is 4.79 Å². The van der Waals surface area contributed by atoms with E-state index in [1.807, 2.05) is 23.1 Å². The maximum atomic E-state index is 12.0. The van der Waals surface area contributed by atoms with Gasteiger partial charge in [0.2, 0.25) is 5.91 Å². The number of hydrogen-bond donors (Lipinski definition) is 1. The van der Waals surface area contributed by atoms with Crippen molar-refractivity contribution in [3.63, 3.8) is 0 Å². The Bertz CT molecular complexity index is 406. The molecule has 3 nitrogen and oxygen atoms in total. The number of para-hydroxylation sites is 1. The van der Waals surface area contributed by atoms with Crippen LogP contribution in [0.1, 0.15) is 31.7 Å². The van der Waals surface area contributed by atoms with Crippen molar-refractivity contribution in [2.45, 2.75) is 32.2 Å². The predicted octanol–water partition coefficient (Wildman–Crippen LogP) is 2.30. The van der Waals surface area contributed by atoms with Crippen LogP contribution in [-0.4, -0.2) is 18.5 Å². The third kappa shape index (κ3) is 2.61. The van der Waals surface area contributed by atoms with Crippen LogP contribution in [0.25, 0.3) is 0 Å². The minimum Gasteiger partial charge on any atom is -0.320 e. The number of carbonyl (C=O) groups is 1. The first-order chi connectivity index (χ1) is 7.61. The van der Waals surface area contributed by atoms with E-state index in [2.05, 4.69) is 13.0 Å². The molecule has 0 fully saturated rings. The molecule has 0 spiro atoms. The molecule has 0 saturated carbocycles. The van der Waals surface area contributed by atoms with Crippen molar-refractivity contribution in [1.29, 1.82) is 0 Å². The van der Waals surface area contributed by atoms with Crippen LogP contribution in [0.3, 0.4) is 0 Å². The van der Waals surface area contributed by atoms with Gasteiger partial charge in [-0.15, -0.1) is 12.4 Å². The van der Waals surface area contributed by atoms with E-state index < -0.39 is 6.04 Å². The Morgan fingerprint density at radius 3 is 2.76 bits per heavy atom. The third-order valence-corrected chi connectivity index (χ3v) is 3.20. The van der Waals surface area contributed by atoms with E-state index in [4.69, 9.17) is 5.73 Å². The van der Waals surface area contributed by atoms with Gasteiger partial charge in [0, 0.05) is 12.2 Å². The van der Waals surface area contributed by atoms with Crippen molar-refractivity contribution in [2.75, 3.05) is 11.4 Å². The molecule has 1 amide bonds. The SMILES string of the molecule is CC(N)C(=O)N1CCC(C)c2ccccc21.Cl. The predicted molar refractivity (Wildman–Crippen MR) is 72.7 cm³/mol. The number of nitrogens with zero attached hydrogens (tertiary/aromatic N) is 1. The lowest BCUT2D eigenvalue weighted by Gasteiger charge is -2.33. The van der Waals surface area contributed by atoms with E-state index in [-0.39, 0.29) is 18.3 Å². The highest BCUT2D eigenvalue weighted by Crippen LogP contribution is 2.34. The first-order valence-electron chi connectivity index (χ1n) is 5.77. The van der Waals surface area contributed by atoms with E-state index in [1.54, 1.807) is 6.92 Å². The molecule has 1 aromatic rings. The normalized spacial score (nSPS) is 20.2. The lowest BCUT2D eigenvalue weighted by molar-refractivity contribution is -0.119. The highest BCUT2D eigenvalue weighted by atomic mass is 35.5. The molecule has 2 atom stereocenters. The van der Waals surface area contributed by atoms with Crippen LogP contribution in [0.2, 0.25) is 0 Å². The van der Waals surface area contributed by atoms with E-state index in [0.717, 1.165) is 18.7 Å². The maximum Gasteiger partial charge on any atom is 0.243 e. The molecule has 1 aromatic carbocycles. The third-order valence-electron chi connectivity index (χ3n) is 3.20. The zero-order chi connectivity index (χ0) is 11.7. The fourth-order valence-electron chi connectivity index (χ4n) is 2.22. The highest BCUT2D eigenvalue weighted by Gasteiger charge is 2.27. The van der Waals surface area contributed by atoms with Gasteiger partial charge in [-0.1, -0.05) is 25.1 Å².